The van der Waals surface area contributed by atoms with Gasteiger partial charge in [-0.25, -0.2) is 0 Å². The van der Waals surface area contributed by atoms with Gasteiger partial charge in [-0.2, -0.15) is 5.26 Å². The predicted octanol–water partition coefficient (Wildman–Crippen LogP) is 6.74. The summed E-state index contributed by atoms with van der Waals surface area (Å²) in [7, 11) is 0. The van der Waals surface area contributed by atoms with Gasteiger partial charge in [0.25, 0.3) is 0 Å². The maximum absolute atomic E-state index is 10.6. The fourth-order valence-corrected chi connectivity index (χ4v) is 3.31. The van der Waals surface area contributed by atoms with E-state index in [9.17, 15) is 4.79 Å². The second kappa shape index (κ2) is 15.9. The molecular formula is C22H36N2O. The Morgan fingerprint density at radius 3 is 1.68 bits per heavy atom. The standard InChI is InChI=1S/C22H36N2O/c23-19-15-13-11-9-7-5-3-1-2-4-6-8-10-12-14-16-21-17-18-22(20-25)24-21/h17-18,20,24H,1-16H2. The lowest BCUT2D eigenvalue weighted by molar-refractivity contribution is 0.111. The Hall–Kier alpha value is -1.56. The van der Waals surface area contributed by atoms with Gasteiger partial charge in [0, 0.05) is 12.1 Å². The van der Waals surface area contributed by atoms with E-state index in [4.69, 9.17) is 5.26 Å². The van der Waals surface area contributed by atoms with E-state index in [1.807, 2.05) is 12.1 Å². The number of nitrogens with one attached hydrogen (secondary N) is 1. The molecule has 3 heteroatoms. The van der Waals surface area contributed by atoms with Crippen molar-refractivity contribution in [2.24, 2.45) is 0 Å². The Labute approximate surface area is 154 Å². The fraction of sp³-hybridized carbons (Fsp3) is 0.727. The van der Waals surface area contributed by atoms with Gasteiger partial charge in [-0.1, -0.05) is 77.0 Å². The first-order chi connectivity index (χ1) is 12.4. The summed E-state index contributed by atoms with van der Waals surface area (Å²) in [5, 5.41) is 8.47. The van der Waals surface area contributed by atoms with E-state index in [2.05, 4.69) is 11.1 Å². The molecule has 0 aliphatic carbocycles. The Bertz CT molecular complexity index is 473. The highest BCUT2D eigenvalue weighted by molar-refractivity contribution is 5.71. The molecule has 0 amide bonds. The van der Waals surface area contributed by atoms with E-state index >= 15 is 0 Å². The van der Waals surface area contributed by atoms with Crippen LogP contribution in [0.25, 0.3) is 0 Å². The first-order valence-corrected chi connectivity index (χ1v) is 10.4. The van der Waals surface area contributed by atoms with Crippen molar-refractivity contribution in [1.29, 1.82) is 5.26 Å². The number of aromatic nitrogens is 1. The van der Waals surface area contributed by atoms with Crippen molar-refractivity contribution in [2.75, 3.05) is 0 Å². The lowest BCUT2D eigenvalue weighted by Gasteiger charge is -2.03. The second-order valence-electron chi connectivity index (χ2n) is 7.16. The molecule has 3 nitrogen and oxygen atoms in total. The van der Waals surface area contributed by atoms with Gasteiger partial charge >= 0.3 is 0 Å². The summed E-state index contributed by atoms with van der Waals surface area (Å²) in [5.74, 6) is 0. The quantitative estimate of drug-likeness (QED) is 0.251. The van der Waals surface area contributed by atoms with E-state index in [1.165, 1.54) is 89.2 Å². The maximum atomic E-state index is 10.6. The van der Waals surface area contributed by atoms with Gasteiger partial charge in [0.15, 0.2) is 6.29 Å². The molecule has 1 aromatic heterocycles. The van der Waals surface area contributed by atoms with Crippen LogP contribution in [-0.4, -0.2) is 11.3 Å². The minimum atomic E-state index is 0.689. The molecule has 1 heterocycles. The van der Waals surface area contributed by atoms with Crippen LogP contribution < -0.4 is 0 Å². The summed E-state index contributed by atoms with van der Waals surface area (Å²) in [6.07, 6.45) is 21.2. The number of aryl methyl sites for hydroxylation is 1. The predicted molar refractivity (Wildman–Crippen MR) is 105 cm³/mol. The molecule has 140 valence electrons. The first kappa shape index (κ1) is 21.5. The van der Waals surface area contributed by atoms with Gasteiger partial charge in [0.1, 0.15) is 0 Å². The summed E-state index contributed by atoms with van der Waals surface area (Å²) in [6.45, 7) is 0. The lowest BCUT2D eigenvalue weighted by Crippen LogP contribution is -1.88. The number of nitriles is 1. The zero-order valence-electron chi connectivity index (χ0n) is 15.9. The molecule has 1 rings (SSSR count). The van der Waals surface area contributed by atoms with E-state index in [1.54, 1.807) is 0 Å². The molecule has 0 fully saturated rings. The molecule has 0 saturated carbocycles. The molecule has 0 radical (unpaired) electrons. The highest BCUT2D eigenvalue weighted by atomic mass is 16.1. The molecule has 0 bridgehead atoms. The van der Waals surface area contributed by atoms with Crippen LogP contribution in [0.2, 0.25) is 0 Å². The molecule has 0 atom stereocenters. The summed E-state index contributed by atoms with van der Waals surface area (Å²) >= 11 is 0. The molecule has 1 N–H and O–H groups in total. The van der Waals surface area contributed by atoms with Crippen LogP contribution in [0.4, 0.5) is 0 Å². The van der Waals surface area contributed by atoms with Gasteiger partial charge in [-0.15, -0.1) is 0 Å². The minimum absolute atomic E-state index is 0.689. The average molecular weight is 345 g/mol. The molecule has 1 aromatic rings. The normalized spacial score (nSPS) is 10.7. The number of rotatable bonds is 17. The van der Waals surface area contributed by atoms with Crippen LogP contribution in [0, 0.1) is 11.3 Å². The number of unbranched alkanes of at least 4 members (excludes halogenated alkanes) is 14. The number of nitrogens with zero attached hydrogens (tertiary/aromatic N) is 1. The van der Waals surface area contributed by atoms with Gasteiger partial charge in [-0.05, 0) is 31.4 Å². The zero-order chi connectivity index (χ0) is 18.0. The van der Waals surface area contributed by atoms with Crippen LogP contribution in [0.1, 0.15) is 112 Å². The lowest BCUT2D eigenvalue weighted by atomic mass is 10.0. The van der Waals surface area contributed by atoms with Crippen molar-refractivity contribution in [3.8, 4) is 6.07 Å². The smallest absolute Gasteiger partial charge is 0.166 e. The molecular weight excluding hydrogens is 308 g/mol. The largest absolute Gasteiger partial charge is 0.356 e. The number of carbonyl (C=O) groups is 1. The van der Waals surface area contributed by atoms with Crippen LogP contribution in [0.5, 0.6) is 0 Å². The van der Waals surface area contributed by atoms with E-state index in [0.29, 0.717) is 5.69 Å². The van der Waals surface area contributed by atoms with E-state index in [0.717, 1.165) is 25.5 Å². The minimum Gasteiger partial charge on any atom is -0.356 e. The van der Waals surface area contributed by atoms with Gasteiger partial charge in [0.2, 0.25) is 0 Å². The Balaban J connectivity index is 1.74. The van der Waals surface area contributed by atoms with Crippen molar-refractivity contribution >= 4 is 6.29 Å². The van der Waals surface area contributed by atoms with Gasteiger partial charge < -0.3 is 4.98 Å². The number of hydrogen-bond acceptors (Lipinski definition) is 2. The summed E-state index contributed by atoms with van der Waals surface area (Å²) in [5.41, 5.74) is 1.88. The third-order valence-corrected chi connectivity index (χ3v) is 4.88. The molecule has 25 heavy (non-hydrogen) atoms. The van der Waals surface area contributed by atoms with Crippen molar-refractivity contribution in [1.82, 2.24) is 4.98 Å². The van der Waals surface area contributed by atoms with Crippen LogP contribution in [0.15, 0.2) is 12.1 Å². The second-order valence-corrected chi connectivity index (χ2v) is 7.16. The summed E-state index contributed by atoms with van der Waals surface area (Å²) < 4.78 is 0. The van der Waals surface area contributed by atoms with Gasteiger partial charge in [0.05, 0.1) is 11.8 Å². The Morgan fingerprint density at radius 2 is 1.24 bits per heavy atom. The monoisotopic (exact) mass is 344 g/mol. The maximum Gasteiger partial charge on any atom is 0.166 e. The first-order valence-electron chi connectivity index (χ1n) is 10.4. The van der Waals surface area contributed by atoms with Crippen molar-refractivity contribution in [3.63, 3.8) is 0 Å². The number of aromatic amines is 1. The SMILES string of the molecule is N#CCCCCCCCCCCCCCCCCc1ccc(C=O)[nH]1. The van der Waals surface area contributed by atoms with Crippen molar-refractivity contribution in [2.45, 2.75) is 103 Å². The molecule has 0 aliphatic heterocycles. The number of H-pyrrole nitrogens is 1. The Kier molecular flexibility index (Phi) is 13.7. The number of aldehydes is 1. The summed E-state index contributed by atoms with van der Waals surface area (Å²) in [6, 6.07) is 6.09. The van der Waals surface area contributed by atoms with Crippen molar-refractivity contribution < 1.29 is 4.79 Å². The highest BCUT2D eigenvalue weighted by Gasteiger charge is 1.98. The molecule has 0 aromatic carbocycles. The molecule has 0 spiro atoms. The van der Waals surface area contributed by atoms with Crippen LogP contribution in [0.3, 0.4) is 0 Å². The van der Waals surface area contributed by atoms with Gasteiger partial charge in [-0.3, -0.25) is 4.79 Å². The third kappa shape index (κ3) is 12.5. The van der Waals surface area contributed by atoms with Crippen LogP contribution >= 0.6 is 0 Å². The third-order valence-electron chi connectivity index (χ3n) is 4.88. The number of carbonyl (C=O) groups excluding carboxylic acids is 1. The Morgan fingerprint density at radius 1 is 0.760 bits per heavy atom. The molecule has 0 aliphatic rings. The van der Waals surface area contributed by atoms with Crippen LogP contribution in [-0.2, 0) is 6.42 Å². The summed E-state index contributed by atoms with van der Waals surface area (Å²) in [4.78, 5) is 13.7. The average Bonchev–Trinajstić information content (AvgIpc) is 3.09. The molecule has 0 saturated heterocycles. The topological polar surface area (TPSA) is 56.6 Å². The van der Waals surface area contributed by atoms with Crippen molar-refractivity contribution in [3.05, 3.63) is 23.5 Å². The fourth-order valence-electron chi connectivity index (χ4n) is 3.31. The van der Waals surface area contributed by atoms with E-state index < -0.39 is 0 Å². The van der Waals surface area contributed by atoms with E-state index in [-0.39, 0.29) is 0 Å². The molecule has 0 unspecified atom stereocenters. The highest BCUT2D eigenvalue weighted by Crippen LogP contribution is 2.14. The number of hydrogen-bond donors (Lipinski definition) is 1. The zero-order valence-corrected chi connectivity index (χ0v) is 15.9.